The molecule has 0 aliphatic rings. The van der Waals surface area contributed by atoms with Gasteiger partial charge in [0.25, 0.3) is 0 Å². The fourth-order valence-electron chi connectivity index (χ4n) is 2.06. The van der Waals surface area contributed by atoms with Crippen molar-refractivity contribution in [2.45, 2.75) is 32.9 Å². The van der Waals surface area contributed by atoms with Crippen LogP contribution in [0.3, 0.4) is 0 Å². The monoisotopic (exact) mass is 292 g/mol. The summed E-state index contributed by atoms with van der Waals surface area (Å²) >= 11 is 0. The van der Waals surface area contributed by atoms with E-state index in [0.717, 1.165) is 12.0 Å². The number of hydrogen-bond donors (Lipinski definition) is 2. The van der Waals surface area contributed by atoms with Crippen LogP contribution in [0.1, 0.15) is 36.2 Å². The first-order chi connectivity index (χ1) is 9.81. The lowest BCUT2D eigenvalue weighted by Crippen LogP contribution is -2.44. The van der Waals surface area contributed by atoms with E-state index in [2.05, 4.69) is 19.2 Å². The smallest absolute Gasteiger partial charge is 0.335 e. The van der Waals surface area contributed by atoms with Crippen molar-refractivity contribution in [1.29, 1.82) is 0 Å². The van der Waals surface area contributed by atoms with Gasteiger partial charge in [0.2, 0.25) is 5.91 Å². The number of nitrogens with zero attached hydrogens (tertiary/aromatic N) is 1. The van der Waals surface area contributed by atoms with Gasteiger partial charge in [0.05, 0.1) is 11.6 Å². The topological polar surface area (TPSA) is 69.6 Å². The van der Waals surface area contributed by atoms with Gasteiger partial charge in [-0.25, -0.2) is 4.79 Å². The van der Waals surface area contributed by atoms with Crippen LogP contribution in [0, 0.1) is 5.92 Å². The molecule has 1 rings (SSSR count). The average molecular weight is 292 g/mol. The third-order valence-electron chi connectivity index (χ3n) is 3.20. The highest BCUT2D eigenvalue weighted by Crippen LogP contribution is 2.09. The van der Waals surface area contributed by atoms with Crippen LogP contribution in [-0.2, 0) is 11.3 Å². The molecule has 0 radical (unpaired) electrons. The van der Waals surface area contributed by atoms with Crippen molar-refractivity contribution in [3.05, 3.63) is 35.4 Å². The summed E-state index contributed by atoms with van der Waals surface area (Å²) in [6, 6.07) is 6.46. The van der Waals surface area contributed by atoms with Gasteiger partial charge in [-0.15, -0.1) is 0 Å². The van der Waals surface area contributed by atoms with Gasteiger partial charge in [-0.3, -0.25) is 4.79 Å². The third-order valence-corrected chi connectivity index (χ3v) is 3.20. The predicted octanol–water partition coefficient (Wildman–Crippen LogP) is 1.98. The van der Waals surface area contributed by atoms with Crippen molar-refractivity contribution < 1.29 is 14.7 Å². The molecule has 116 valence electrons. The highest BCUT2D eigenvalue weighted by atomic mass is 16.4. The molecular weight excluding hydrogens is 268 g/mol. The van der Waals surface area contributed by atoms with E-state index >= 15 is 0 Å². The Morgan fingerprint density at radius 3 is 2.19 bits per heavy atom. The Bertz CT molecular complexity index is 481. The lowest BCUT2D eigenvalue weighted by molar-refractivity contribution is -0.131. The summed E-state index contributed by atoms with van der Waals surface area (Å²) in [6.07, 6.45) is 0.768. The number of carboxylic acid groups (broad SMARTS) is 1. The third kappa shape index (κ3) is 5.55. The van der Waals surface area contributed by atoms with Crippen LogP contribution in [0.5, 0.6) is 0 Å². The Labute approximate surface area is 126 Å². The van der Waals surface area contributed by atoms with E-state index in [1.807, 2.05) is 0 Å². The summed E-state index contributed by atoms with van der Waals surface area (Å²) < 4.78 is 0. The molecule has 0 saturated carbocycles. The first kappa shape index (κ1) is 17.2. The molecule has 0 fully saturated rings. The van der Waals surface area contributed by atoms with Crippen LogP contribution in [-0.4, -0.2) is 42.0 Å². The van der Waals surface area contributed by atoms with Crippen molar-refractivity contribution in [2.75, 3.05) is 14.1 Å². The minimum atomic E-state index is -0.935. The molecule has 5 heteroatoms. The molecule has 0 aliphatic carbocycles. The van der Waals surface area contributed by atoms with E-state index in [1.165, 1.54) is 0 Å². The Kier molecular flexibility index (Phi) is 6.37. The summed E-state index contributed by atoms with van der Waals surface area (Å²) in [5.41, 5.74) is 1.22. The minimum Gasteiger partial charge on any atom is -0.478 e. The van der Waals surface area contributed by atoms with Crippen molar-refractivity contribution in [3.63, 3.8) is 0 Å². The molecule has 21 heavy (non-hydrogen) atoms. The van der Waals surface area contributed by atoms with Crippen LogP contribution in [0.2, 0.25) is 0 Å². The summed E-state index contributed by atoms with van der Waals surface area (Å²) in [6.45, 7) is 4.70. The fraction of sp³-hybridized carbons (Fsp3) is 0.500. The molecule has 1 aromatic rings. The SMILES string of the molecule is CC(C)CC(NCc1ccc(C(=O)O)cc1)C(=O)N(C)C. The van der Waals surface area contributed by atoms with Crippen molar-refractivity contribution in [3.8, 4) is 0 Å². The highest BCUT2D eigenvalue weighted by Gasteiger charge is 2.20. The zero-order valence-corrected chi connectivity index (χ0v) is 13.1. The van der Waals surface area contributed by atoms with Crippen LogP contribution < -0.4 is 5.32 Å². The predicted molar refractivity (Wildman–Crippen MR) is 82.2 cm³/mol. The quantitative estimate of drug-likeness (QED) is 0.806. The maximum Gasteiger partial charge on any atom is 0.335 e. The van der Waals surface area contributed by atoms with E-state index < -0.39 is 5.97 Å². The first-order valence-corrected chi connectivity index (χ1v) is 7.08. The summed E-state index contributed by atoms with van der Waals surface area (Å²) in [7, 11) is 3.50. The molecular formula is C16H24N2O3. The fourth-order valence-corrected chi connectivity index (χ4v) is 2.06. The molecule has 5 nitrogen and oxygen atoms in total. The molecule has 1 aromatic carbocycles. The summed E-state index contributed by atoms with van der Waals surface area (Å²) in [5.74, 6) is -0.457. The molecule has 1 amide bonds. The number of aromatic carboxylic acids is 1. The van der Waals surface area contributed by atoms with Gasteiger partial charge in [0.1, 0.15) is 0 Å². The molecule has 1 atom stereocenters. The Balaban J connectivity index is 2.67. The zero-order chi connectivity index (χ0) is 16.0. The van der Waals surface area contributed by atoms with Crippen LogP contribution in [0.25, 0.3) is 0 Å². The van der Waals surface area contributed by atoms with Gasteiger partial charge in [-0.1, -0.05) is 26.0 Å². The summed E-state index contributed by atoms with van der Waals surface area (Å²) in [4.78, 5) is 24.5. The number of amides is 1. The maximum absolute atomic E-state index is 12.1. The number of carbonyl (C=O) groups excluding carboxylic acids is 1. The summed E-state index contributed by atoms with van der Waals surface area (Å²) in [5, 5.41) is 12.1. The molecule has 1 unspecified atom stereocenters. The second-order valence-electron chi connectivity index (χ2n) is 5.80. The maximum atomic E-state index is 12.1. The lowest BCUT2D eigenvalue weighted by atomic mass is 10.0. The van der Waals surface area contributed by atoms with E-state index in [0.29, 0.717) is 12.5 Å². The number of likely N-dealkylation sites (N-methyl/N-ethyl adjacent to an activating group) is 1. The Morgan fingerprint density at radius 1 is 1.19 bits per heavy atom. The van der Waals surface area contributed by atoms with E-state index in [9.17, 15) is 9.59 Å². The number of benzene rings is 1. The van der Waals surface area contributed by atoms with Crippen LogP contribution >= 0.6 is 0 Å². The molecule has 0 heterocycles. The van der Waals surface area contributed by atoms with Crippen LogP contribution in [0.4, 0.5) is 0 Å². The molecule has 0 spiro atoms. The highest BCUT2D eigenvalue weighted by molar-refractivity contribution is 5.87. The molecule has 0 bridgehead atoms. The van der Waals surface area contributed by atoms with Gasteiger partial charge in [-0.05, 0) is 30.0 Å². The van der Waals surface area contributed by atoms with E-state index in [-0.39, 0.29) is 17.5 Å². The Hall–Kier alpha value is -1.88. The van der Waals surface area contributed by atoms with Gasteiger partial charge in [0.15, 0.2) is 0 Å². The Morgan fingerprint density at radius 2 is 1.76 bits per heavy atom. The minimum absolute atomic E-state index is 0.0610. The lowest BCUT2D eigenvalue weighted by Gasteiger charge is -2.23. The van der Waals surface area contributed by atoms with Crippen molar-refractivity contribution >= 4 is 11.9 Å². The van der Waals surface area contributed by atoms with Gasteiger partial charge in [-0.2, -0.15) is 0 Å². The second-order valence-corrected chi connectivity index (χ2v) is 5.80. The van der Waals surface area contributed by atoms with E-state index in [1.54, 1.807) is 43.3 Å². The average Bonchev–Trinajstić information content (AvgIpc) is 2.42. The zero-order valence-electron chi connectivity index (χ0n) is 13.1. The van der Waals surface area contributed by atoms with Crippen molar-refractivity contribution in [1.82, 2.24) is 10.2 Å². The number of carboxylic acids is 1. The molecule has 0 saturated heterocycles. The van der Waals surface area contributed by atoms with Crippen LogP contribution in [0.15, 0.2) is 24.3 Å². The number of hydrogen-bond acceptors (Lipinski definition) is 3. The number of nitrogens with one attached hydrogen (secondary N) is 1. The number of carbonyl (C=O) groups is 2. The molecule has 2 N–H and O–H groups in total. The number of rotatable bonds is 7. The van der Waals surface area contributed by atoms with Gasteiger partial charge >= 0.3 is 5.97 Å². The van der Waals surface area contributed by atoms with Crippen molar-refractivity contribution in [2.24, 2.45) is 5.92 Å². The molecule has 0 aromatic heterocycles. The first-order valence-electron chi connectivity index (χ1n) is 7.08. The standard InChI is InChI=1S/C16H24N2O3/c1-11(2)9-14(15(19)18(3)4)17-10-12-5-7-13(8-6-12)16(20)21/h5-8,11,14,17H,9-10H2,1-4H3,(H,20,21). The largest absolute Gasteiger partial charge is 0.478 e. The normalized spacial score (nSPS) is 12.2. The second kappa shape index (κ2) is 7.78. The van der Waals surface area contributed by atoms with Gasteiger partial charge in [0, 0.05) is 20.6 Å². The van der Waals surface area contributed by atoms with Gasteiger partial charge < -0.3 is 15.3 Å². The molecule has 0 aliphatic heterocycles. The van der Waals surface area contributed by atoms with E-state index in [4.69, 9.17) is 5.11 Å².